The Labute approximate surface area is 124 Å². The van der Waals surface area contributed by atoms with Gasteiger partial charge in [0.05, 0.1) is 12.5 Å². The van der Waals surface area contributed by atoms with Gasteiger partial charge in [0.15, 0.2) is 0 Å². The Kier molecular flexibility index (Phi) is 6.26. The number of hydrogen-bond donors (Lipinski definition) is 1. The summed E-state index contributed by atoms with van der Waals surface area (Å²) in [6.45, 7) is 4.68. The van der Waals surface area contributed by atoms with Crippen molar-refractivity contribution in [3.05, 3.63) is 26.2 Å². The van der Waals surface area contributed by atoms with Gasteiger partial charge in [0, 0.05) is 20.3 Å². The predicted octanol–water partition coefficient (Wildman–Crippen LogP) is 3.66. The Morgan fingerprint density at radius 2 is 2.29 bits per heavy atom. The molecule has 94 valence electrons. The van der Waals surface area contributed by atoms with Crippen LogP contribution in [0.15, 0.2) is 22.7 Å². The molecule has 0 saturated heterocycles. The van der Waals surface area contributed by atoms with Crippen LogP contribution in [0.1, 0.15) is 13.8 Å². The molecule has 3 nitrogen and oxygen atoms in total. The highest BCUT2D eigenvalue weighted by atomic mass is 127. The van der Waals surface area contributed by atoms with Gasteiger partial charge in [0.1, 0.15) is 0 Å². The molecule has 1 aromatic rings. The molecule has 1 rings (SSSR count). The van der Waals surface area contributed by atoms with Crippen LogP contribution in [-0.4, -0.2) is 19.1 Å². The summed E-state index contributed by atoms with van der Waals surface area (Å²) in [6.07, 6.45) is 0. The topological polar surface area (TPSA) is 38.3 Å². The van der Waals surface area contributed by atoms with Crippen LogP contribution in [-0.2, 0) is 9.53 Å². The van der Waals surface area contributed by atoms with E-state index in [4.69, 9.17) is 4.74 Å². The van der Waals surface area contributed by atoms with Crippen molar-refractivity contribution in [1.29, 1.82) is 0 Å². The molecule has 0 radical (unpaired) electrons. The normalized spacial score (nSPS) is 12.0. The van der Waals surface area contributed by atoms with E-state index in [1.807, 2.05) is 32.0 Å². The van der Waals surface area contributed by atoms with Gasteiger partial charge in [0.2, 0.25) is 0 Å². The predicted molar refractivity (Wildman–Crippen MR) is 81.1 cm³/mol. The molecule has 0 spiro atoms. The first kappa shape index (κ1) is 14.8. The van der Waals surface area contributed by atoms with Crippen LogP contribution >= 0.6 is 38.5 Å². The lowest BCUT2D eigenvalue weighted by Gasteiger charge is -2.13. The fourth-order valence-corrected chi connectivity index (χ4v) is 2.01. The largest absolute Gasteiger partial charge is 0.466 e. The first-order valence-electron chi connectivity index (χ1n) is 5.40. The highest BCUT2D eigenvalue weighted by Crippen LogP contribution is 2.22. The van der Waals surface area contributed by atoms with Gasteiger partial charge in [-0.2, -0.15) is 0 Å². The lowest BCUT2D eigenvalue weighted by atomic mass is 10.2. The summed E-state index contributed by atoms with van der Waals surface area (Å²) in [5, 5.41) is 3.23. The van der Waals surface area contributed by atoms with Gasteiger partial charge in [-0.15, -0.1) is 0 Å². The van der Waals surface area contributed by atoms with Crippen LogP contribution in [0.3, 0.4) is 0 Å². The third-order valence-electron chi connectivity index (χ3n) is 2.22. The lowest BCUT2D eigenvalue weighted by molar-refractivity contribution is -0.146. The second-order valence-electron chi connectivity index (χ2n) is 3.66. The summed E-state index contributed by atoms with van der Waals surface area (Å²) in [7, 11) is 0. The zero-order valence-corrected chi connectivity index (χ0v) is 13.5. The number of ether oxygens (including phenoxy) is 1. The van der Waals surface area contributed by atoms with Crippen molar-refractivity contribution in [3.63, 3.8) is 0 Å². The van der Waals surface area contributed by atoms with E-state index in [1.54, 1.807) is 0 Å². The van der Waals surface area contributed by atoms with E-state index in [2.05, 4.69) is 43.8 Å². The monoisotopic (exact) mass is 411 g/mol. The van der Waals surface area contributed by atoms with Gasteiger partial charge >= 0.3 is 5.97 Å². The van der Waals surface area contributed by atoms with Crippen LogP contribution in [0, 0.1) is 9.49 Å². The Morgan fingerprint density at radius 1 is 1.59 bits per heavy atom. The number of carbonyl (C=O) groups is 1. The average Bonchev–Trinajstić information content (AvgIpc) is 2.30. The van der Waals surface area contributed by atoms with Gasteiger partial charge in [-0.3, -0.25) is 4.79 Å². The number of nitrogens with one attached hydrogen (secondary N) is 1. The third kappa shape index (κ3) is 4.83. The smallest absolute Gasteiger partial charge is 0.310 e. The third-order valence-corrected chi connectivity index (χ3v) is 4.55. The maximum atomic E-state index is 11.4. The maximum Gasteiger partial charge on any atom is 0.310 e. The lowest BCUT2D eigenvalue weighted by Crippen LogP contribution is -2.22. The number of esters is 1. The Bertz CT molecular complexity index is 398. The van der Waals surface area contributed by atoms with Gasteiger partial charge < -0.3 is 10.1 Å². The zero-order valence-electron chi connectivity index (χ0n) is 9.80. The molecule has 0 amide bonds. The molecular formula is C12H15BrINO2. The summed E-state index contributed by atoms with van der Waals surface area (Å²) >= 11 is 5.70. The minimum absolute atomic E-state index is 0.142. The molecular weight excluding hydrogens is 397 g/mol. The molecule has 5 heteroatoms. The Hall–Kier alpha value is -0.300. The Balaban J connectivity index is 2.50. The van der Waals surface area contributed by atoms with E-state index in [0.717, 1.165) is 13.7 Å². The molecule has 0 bridgehead atoms. The molecule has 0 saturated carbocycles. The molecule has 0 aromatic heterocycles. The van der Waals surface area contributed by atoms with Crippen LogP contribution in [0.5, 0.6) is 0 Å². The molecule has 1 aromatic carbocycles. The molecule has 1 unspecified atom stereocenters. The van der Waals surface area contributed by atoms with Gasteiger partial charge in [-0.05, 0) is 63.6 Å². The van der Waals surface area contributed by atoms with E-state index < -0.39 is 0 Å². The van der Waals surface area contributed by atoms with Crippen molar-refractivity contribution in [1.82, 2.24) is 0 Å². The minimum atomic E-state index is -0.160. The van der Waals surface area contributed by atoms with Crippen LogP contribution in [0.2, 0.25) is 0 Å². The standard InChI is InChI=1S/C12H15BrINO2/c1-3-17-12(16)8(2)7-15-9-4-5-10(13)11(14)6-9/h4-6,8,15H,3,7H2,1-2H3. The number of benzene rings is 1. The van der Waals surface area contributed by atoms with Crippen molar-refractivity contribution in [2.24, 2.45) is 5.92 Å². The van der Waals surface area contributed by atoms with E-state index in [0.29, 0.717) is 13.2 Å². The number of carbonyl (C=O) groups excluding carboxylic acids is 1. The quantitative estimate of drug-likeness (QED) is 0.593. The second kappa shape index (κ2) is 7.20. The zero-order chi connectivity index (χ0) is 12.8. The molecule has 1 N–H and O–H groups in total. The first-order valence-corrected chi connectivity index (χ1v) is 7.27. The number of anilines is 1. The number of rotatable bonds is 5. The summed E-state index contributed by atoms with van der Waals surface area (Å²) in [6, 6.07) is 5.99. The highest BCUT2D eigenvalue weighted by Gasteiger charge is 2.13. The van der Waals surface area contributed by atoms with Gasteiger partial charge in [-0.1, -0.05) is 6.92 Å². The maximum absolute atomic E-state index is 11.4. The SMILES string of the molecule is CCOC(=O)C(C)CNc1ccc(Br)c(I)c1. The fourth-order valence-electron chi connectivity index (χ4n) is 1.24. The van der Waals surface area contributed by atoms with Crippen molar-refractivity contribution in [2.45, 2.75) is 13.8 Å². The van der Waals surface area contributed by atoms with E-state index in [9.17, 15) is 4.79 Å². The van der Waals surface area contributed by atoms with Crippen molar-refractivity contribution in [3.8, 4) is 0 Å². The summed E-state index contributed by atoms with van der Waals surface area (Å²) in [5.41, 5.74) is 1.01. The Morgan fingerprint density at radius 3 is 2.88 bits per heavy atom. The second-order valence-corrected chi connectivity index (χ2v) is 5.68. The fraction of sp³-hybridized carbons (Fsp3) is 0.417. The van der Waals surface area contributed by atoms with Crippen molar-refractivity contribution < 1.29 is 9.53 Å². The van der Waals surface area contributed by atoms with Gasteiger partial charge in [-0.25, -0.2) is 0 Å². The molecule has 0 aliphatic rings. The average molecular weight is 412 g/mol. The van der Waals surface area contributed by atoms with E-state index in [-0.39, 0.29) is 11.9 Å². The number of hydrogen-bond acceptors (Lipinski definition) is 3. The van der Waals surface area contributed by atoms with E-state index >= 15 is 0 Å². The van der Waals surface area contributed by atoms with E-state index in [1.165, 1.54) is 0 Å². The van der Waals surface area contributed by atoms with Crippen LogP contribution in [0.4, 0.5) is 5.69 Å². The molecule has 0 aliphatic heterocycles. The van der Waals surface area contributed by atoms with Gasteiger partial charge in [0.25, 0.3) is 0 Å². The molecule has 0 heterocycles. The summed E-state index contributed by atoms with van der Waals surface area (Å²) < 4.78 is 7.15. The molecule has 0 aliphatic carbocycles. The van der Waals surface area contributed by atoms with Crippen molar-refractivity contribution >= 4 is 50.2 Å². The number of halogens is 2. The van der Waals surface area contributed by atoms with Crippen LogP contribution in [0.25, 0.3) is 0 Å². The minimum Gasteiger partial charge on any atom is -0.466 e. The van der Waals surface area contributed by atoms with Crippen molar-refractivity contribution in [2.75, 3.05) is 18.5 Å². The highest BCUT2D eigenvalue weighted by molar-refractivity contribution is 14.1. The first-order chi connectivity index (χ1) is 8.04. The summed E-state index contributed by atoms with van der Waals surface area (Å²) in [5.74, 6) is -0.303. The van der Waals surface area contributed by atoms with Crippen LogP contribution < -0.4 is 5.32 Å². The summed E-state index contributed by atoms with van der Waals surface area (Å²) in [4.78, 5) is 11.4. The molecule has 0 fully saturated rings. The molecule has 1 atom stereocenters. The molecule has 17 heavy (non-hydrogen) atoms.